The summed E-state index contributed by atoms with van der Waals surface area (Å²) in [6, 6.07) is 6.67. The lowest BCUT2D eigenvalue weighted by Crippen LogP contribution is -2.45. The molecule has 0 spiro atoms. The number of piperidine rings is 1. The van der Waals surface area contributed by atoms with Gasteiger partial charge in [0, 0.05) is 36.6 Å². The first-order chi connectivity index (χ1) is 11.0. The van der Waals surface area contributed by atoms with E-state index in [1.54, 1.807) is 24.5 Å². The van der Waals surface area contributed by atoms with Crippen molar-refractivity contribution in [2.45, 2.75) is 18.4 Å². The highest BCUT2D eigenvalue weighted by Gasteiger charge is 2.35. The summed E-state index contributed by atoms with van der Waals surface area (Å²) in [6.45, 7) is 0.673. The summed E-state index contributed by atoms with van der Waals surface area (Å²) in [5.41, 5.74) is -0.185. The van der Waals surface area contributed by atoms with Crippen molar-refractivity contribution >= 4 is 5.91 Å². The van der Waals surface area contributed by atoms with Crippen LogP contribution >= 0.6 is 0 Å². The minimum atomic E-state index is -1.04. The molecule has 1 N–H and O–H groups in total. The largest absolute Gasteiger partial charge is 0.385 e. The van der Waals surface area contributed by atoms with Crippen molar-refractivity contribution in [1.29, 1.82) is 0 Å². The first kappa shape index (κ1) is 15.6. The lowest BCUT2D eigenvalue weighted by molar-refractivity contribution is -0.0213. The summed E-state index contributed by atoms with van der Waals surface area (Å²) in [6.07, 6.45) is 3.99. The number of benzene rings is 1. The second kappa shape index (κ2) is 6.04. The molecule has 1 amide bonds. The molecule has 1 aliphatic heterocycles. The maximum atomic E-state index is 13.3. The van der Waals surface area contributed by atoms with Crippen LogP contribution in [0.2, 0.25) is 0 Å². The molecule has 4 nitrogen and oxygen atoms in total. The molecule has 0 bridgehead atoms. The molecule has 120 valence electrons. The summed E-state index contributed by atoms with van der Waals surface area (Å²) < 4.78 is 26.2. The van der Waals surface area contributed by atoms with E-state index in [2.05, 4.69) is 4.98 Å². The number of carbonyl (C=O) groups excluding carboxylic acids is 1. The summed E-state index contributed by atoms with van der Waals surface area (Å²) in [5.74, 6) is -2.39. The van der Waals surface area contributed by atoms with Gasteiger partial charge in [0.25, 0.3) is 5.91 Å². The number of aliphatic hydroxyl groups is 1. The van der Waals surface area contributed by atoms with Gasteiger partial charge in [0.15, 0.2) is 11.6 Å². The average Bonchev–Trinajstić information content (AvgIpc) is 2.58. The van der Waals surface area contributed by atoms with Gasteiger partial charge in [0.1, 0.15) is 0 Å². The zero-order valence-electron chi connectivity index (χ0n) is 12.4. The highest BCUT2D eigenvalue weighted by atomic mass is 19.2. The molecule has 0 saturated carbocycles. The summed E-state index contributed by atoms with van der Waals surface area (Å²) >= 11 is 0. The van der Waals surface area contributed by atoms with Crippen molar-refractivity contribution in [2.24, 2.45) is 0 Å². The third-order valence-electron chi connectivity index (χ3n) is 4.24. The molecule has 0 unspecified atom stereocenters. The maximum absolute atomic E-state index is 13.3. The molecule has 0 radical (unpaired) electrons. The van der Waals surface area contributed by atoms with Crippen LogP contribution in [0.25, 0.3) is 0 Å². The van der Waals surface area contributed by atoms with E-state index < -0.39 is 17.2 Å². The van der Waals surface area contributed by atoms with Crippen LogP contribution in [0, 0.1) is 11.6 Å². The Hall–Kier alpha value is -2.34. The van der Waals surface area contributed by atoms with Gasteiger partial charge in [-0.3, -0.25) is 9.78 Å². The highest BCUT2D eigenvalue weighted by molar-refractivity contribution is 5.94. The number of hydrogen-bond acceptors (Lipinski definition) is 3. The Balaban J connectivity index is 1.71. The van der Waals surface area contributed by atoms with Crippen molar-refractivity contribution < 1.29 is 18.7 Å². The van der Waals surface area contributed by atoms with Gasteiger partial charge in [0.05, 0.1) is 5.60 Å². The zero-order valence-corrected chi connectivity index (χ0v) is 12.4. The maximum Gasteiger partial charge on any atom is 0.253 e. The minimum Gasteiger partial charge on any atom is -0.385 e. The van der Waals surface area contributed by atoms with E-state index in [9.17, 15) is 18.7 Å². The quantitative estimate of drug-likeness (QED) is 0.925. The molecule has 2 heterocycles. The van der Waals surface area contributed by atoms with Crippen LogP contribution in [0.1, 0.15) is 28.8 Å². The van der Waals surface area contributed by atoms with Gasteiger partial charge in [-0.25, -0.2) is 8.78 Å². The number of aromatic nitrogens is 1. The molecule has 0 atom stereocenters. The Morgan fingerprint density at radius 2 is 1.91 bits per heavy atom. The van der Waals surface area contributed by atoms with Gasteiger partial charge < -0.3 is 10.0 Å². The second-order valence-electron chi connectivity index (χ2n) is 5.69. The summed E-state index contributed by atoms with van der Waals surface area (Å²) in [4.78, 5) is 17.9. The Kier molecular flexibility index (Phi) is 4.09. The first-order valence-corrected chi connectivity index (χ1v) is 7.37. The van der Waals surface area contributed by atoms with Gasteiger partial charge in [0.2, 0.25) is 0 Å². The van der Waals surface area contributed by atoms with Gasteiger partial charge in [-0.2, -0.15) is 0 Å². The number of carbonyl (C=O) groups is 1. The third-order valence-corrected chi connectivity index (χ3v) is 4.24. The van der Waals surface area contributed by atoms with Crippen LogP contribution < -0.4 is 0 Å². The van der Waals surface area contributed by atoms with Crippen LogP contribution in [0.15, 0.2) is 42.7 Å². The standard InChI is InChI=1S/C17H16F2N2O2/c18-14-4-3-12(10-15(14)19)16(22)21-8-5-17(23,6-9-21)13-2-1-7-20-11-13/h1-4,7,10-11,23H,5-6,8-9H2. The monoisotopic (exact) mass is 318 g/mol. The molecule has 1 aromatic carbocycles. The van der Waals surface area contributed by atoms with Crippen LogP contribution in [-0.2, 0) is 5.60 Å². The van der Waals surface area contributed by atoms with E-state index in [0.29, 0.717) is 25.9 Å². The lowest BCUT2D eigenvalue weighted by atomic mass is 9.85. The van der Waals surface area contributed by atoms with Crippen LogP contribution in [0.3, 0.4) is 0 Å². The first-order valence-electron chi connectivity index (χ1n) is 7.37. The van der Waals surface area contributed by atoms with Crippen molar-refractivity contribution in [3.05, 3.63) is 65.5 Å². The molecule has 1 aromatic heterocycles. The number of likely N-dealkylation sites (tertiary alicyclic amines) is 1. The van der Waals surface area contributed by atoms with E-state index >= 15 is 0 Å². The topological polar surface area (TPSA) is 53.4 Å². The predicted octanol–water partition coefficient (Wildman–Crippen LogP) is 2.48. The number of rotatable bonds is 2. The Bertz CT molecular complexity index is 714. The predicted molar refractivity (Wildman–Crippen MR) is 79.6 cm³/mol. The summed E-state index contributed by atoms with van der Waals surface area (Å²) in [7, 11) is 0. The summed E-state index contributed by atoms with van der Waals surface area (Å²) in [5, 5.41) is 10.7. The fraction of sp³-hybridized carbons (Fsp3) is 0.294. The molecule has 23 heavy (non-hydrogen) atoms. The fourth-order valence-corrected chi connectivity index (χ4v) is 2.82. The number of amides is 1. The van der Waals surface area contributed by atoms with Gasteiger partial charge in [-0.15, -0.1) is 0 Å². The van der Waals surface area contributed by atoms with E-state index in [4.69, 9.17) is 0 Å². The Morgan fingerprint density at radius 3 is 2.52 bits per heavy atom. The number of hydrogen-bond donors (Lipinski definition) is 1. The molecule has 6 heteroatoms. The molecule has 1 fully saturated rings. The molecule has 0 aliphatic carbocycles. The SMILES string of the molecule is O=C(c1ccc(F)c(F)c1)N1CCC(O)(c2cccnc2)CC1. The molecule has 2 aromatic rings. The van der Waals surface area contributed by atoms with Gasteiger partial charge in [-0.1, -0.05) is 6.07 Å². The molecule has 1 aliphatic rings. The van der Waals surface area contributed by atoms with E-state index in [1.165, 1.54) is 11.0 Å². The normalized spacial score (nSPS) is 17.1. The third kappa shape index (κ3) is 3.07. The van der Waals surface area contributed by atoms with Crippen LogP contribution in [-0.4, -0.2) is 34.0 Å². The Morgan fingerprint density at radius 1 is 1.17 bits per heavy atom. The Labute approximate surface area is 132 Å². The number of pyridine rings is 1. The fourth-order valence-electron chi connectivity index (χ4n) is 2.82. The second-order valence-corrected chi connectivity index (χ2v) is 5.69. The lowest BCUT2D eigenvalue weighted by Gasteiger charge is -2.38. The van der Waals surface area contributed by atoms with Gasteiger partial charge in [-0.05, 0) is 37.1 Å². The van der Waals surface area contributed by atoms with E-state index in [0.717, 1.165) is 17.7 Å². The van der Waals surface area contributed by atoms with Crippen molar-refractivity contribution in [1.82, 2.24) is 9.88 Å². The van der Waals surface area contributed by atoms with E-state index in [1.807, 2.05) is 0 Å². The average molecular weight is 318 g/mol. The smallest absolute Gasteiger partial charge is 0.253 e. The molecule has 3 rings (SSSR count). The van der Waals surface area contributed by atoms with Crippen LogP contribution in [0.5, 0.6) is 0 Å². The number of halogens is 2. The molecular formula is C17H16F2N2O2. The number of nitrogens with zero attached hydrogens (tertiary/aromatic N) is 2. The van der Waals surface area contributed by atoms with Crippen LogP contribution in [0.4, 0.5) is 8.78 Å². The molecular weight excluding hydrogens is 302 g/mol. The van der Waals surface area contributed by atoms with Crippen molar-refractivity contribution in [3.63, 3.8) is 0 Å². The zero-order chi connectivity index (χ0) is 16.4. The van der Waals surface area contributed by atoms with Crippen molar-refractivity contribution in [3.8, 4) is 0 Å². The van der Waals surface area contributed by atoms with Gasteiger partial charge >= 0.3 is 0 Å². The minimum absolute atomic E-state index is 0.107. The van der Waals surface area contributed by atoms with E-state index in [-0.39, 0.29) is 11.5 Å². The van der Waals surface area contributed by atoms with Crippen molar-refractivity contribution in [2.75, 3.05) is 13.1 Å². The molecule has 1 saturated heterocycles. The highest BCUT2D eigenvalue weighted by Crippen LogP contribution is 2.32.